The van der Waals surface area contributed by atoms with Gasteiger partial charge in [0.2, 0.25) is 5.91 Å². The number of halogens is 1. The van der Waals surface area contributed by atoms with Crippen molar-refractivity contribution in [1.29, 1.82) is 0 Å². The van der Waals surface area contributed by atoms with Crippen LogP contribution in [0.1, 0.15) is 45.1 Å². The molecule has 2 fully saturated rings. The van der Waals surface area contributed by atoms with Gasteiger partial charge in [0, 0.05) is 36.0 Å². The first-order valence-electron chi connectivity index (χ1n) is 7.85. The van der Waals surface area contributed by atoms with E-state index in [0.717, 1.165) is 24.0 Å². The highest BCUT2D eigenvalue weighted by molar-refractivity contribution is 6.30. The SMILES string of the molecule is CC(C)=CC(=O)N1[C@H]2CC[C@H]1CC(O)(c1ccc(Cl)cc1)C2. The Hall–Kier alpha value is -1.32. The van der Waals surface area contributed by atoms with Crippen LogP contribution in [0.5, 0.6) is 0 Å². The predicted octanol–water partition coefficient (Wildman–Crippen LogP) is 3.65. The minimum absolute atomic E-state index is 0.0886. The first-order chi connectivity index (χ1) is 10.4. The van der Waals surface area contributed by atoms with Crippen LogP contribution in [0.25, 0.3) is 0 Å². The van der Waals surface area contributed by atoms with Crippen LogP contribution in [-0.2, 0) is 10.4 Å². The van der Waals surface area contributed by atoms with Gasteiger partial charge in [-0.05, 0) is 44.4 Å². The van der Waals surface area contributed by atoms with E-state index in [9.17, 15) is 9.90 Å². The Morgan fingerprint density at radius 2 is 1.77 bits per heavy atom. The number of hydrogen-bond donors (Lipinski definition) is 1. The van der Waals surface area contributed by atoms with E-state index in [2.05, 4.69) is 0 Å². The van der Waals surface area contributed by atoms with Gasteiger partial charge in [0.25, 0.3) is 0 Å². The van der Waals surface area contributed by atoms with Gasteiger partial charge in [-0.2, -0.15) is 0 Å². The molecule has 3 rings (SSSR count). The molecule has 3 nitrogen and oxygen atoms in total. The first-order valence-corrected chi connectivity index (χ1v) is 8.22. The highest BCUT2D eigenvalue weighted by atomic mass is 35.5. The summed E-state index contributed by atoms with van der Waals surface area (Å²) in [6.45, 7) is 3.88. The highest BCUT2D eigenvalue weighted by Crippen LogP contribution is 2.45. The summed E-state index contributed by atoms with van der Waals surface area (Å²) in [4.78, 5) is 14.4. The molecular formula is C18H22ClNO2. The van der Waals surface area contributed by atoms with Gasteiger partial charge in [0.05, 0.1) is 5.60 Å². The second-order valence-corrected chi connectivity index (χ2v) is 7.24. The molecule has 2 saturated heterocycles. The molecule has 2 aliphatic rings. The lowest BCUT2D eigenvalue weighted by molar-refractivity contribution is -0.136. The van der Waals surface area contributed by atoms with Gasteiger partial charge >= 0.3 is 0 Å². The highest BCUT2D eigenvalue weighted by Gasteiger charge is 2.49. The maximum atomic E-state index is 12.4. The third-order valence-electron chi connectivity index (χ3n) is 4.81. The molecule has 4 heteroatoms. The summed E-state index contributed by atoms with van der Waals surface area (Å²) in [5.41, 5.74) is 1.07. The van der Waals surface area contributed by atoms with Crippen molar-refractivity contribution in [2.24, 2.45) is 0 Å². The van der Waals surface area contributed by atoms with Gasteiger partial charge < -0.3 is 10.0 Å². The fourth-order valence-electron chi connectivity index (χ4n) is 3.90. The zero-order valence-corrected chi connectivity index (χ0v) is 13.8. The fraction of sp³-hybridized carbons (Fsp3) is 0.500. The Balaban J connectivity index is 1.84. The Morgan fingerprint density at radius 3 is 2.27 bits per heavy atom. The molecule has 118 valence electrons. The van der Waals surface area contributed by atoms with Crippen LogP contribution in [0, 0.1) is 0 Å². The van der Waals surface area contributed by atoms with Crippen molar-refractivity contribution < 1.29 is 9.90 Å². The van der Waals surface area contributed by atoms with E-state index in [1.165, 1.54) is 0 Å². The summed E-state index contributed by atoms with van der Waals surface area (Å²) in [7, 11) is 0. The molecule has 1 aromatic carbocycles. The Labute approximate surface area is 136 Å². The van der Waals surface area contributed by atoms with Gasteiger partial charge in [0.15, 0.2) is 0 Å². The van der Waals surface area contributed by atoms with E-state index in [1.807, 2.05) is 43.0 Å². The summed E-state index contributed by atoms with van der Waals surface area (Å²) < 4.78 is 0. The lowest BCUT2D eigenvalue weighted by Crippen LogP contribution is -2.51. The number of benzene rings is 1. The molecular weight excluding hydrogens is 298 g/mol. The number of carbonyl (C=O) groups is 1. The average molecular weight is 320 g/mol. The van der Waals surface area contributed by atoms with Gasteiger partial charge in [-0.1, -0.05) is 29.3 Å². The predicted molar refractivity (Wildman–Crippen MR) is 87.7 cm³/mol. The van der Waals surface area contributed by atoms with E-state index < -0.39 is 5.60 Å². The number of allylic oxidation sites excluding steroid dienone is 1. The van der Waals surface area contributed by atoms with Gasteiger partial charge in [0.1, 0.15) is 0 Å². The van der Waals surface area contributed by atoms with Crippen LogP contribution < -0.4 is 0 Å². The number of hydrogen-bond acceptors (Lipinski definition) is 2. The number of amides is 1. The smallest absolute Gasteiger partial charge is 0.246 e. The summed E-state index contributed by atoms with van der Waals surface area (Å²) >= 11 is 5.94. The molecule has 0 unspecified atom stereocenters. The fourth-order valence-corrected chi connectivity index (χ4v) is 4.03. The standard InChI is InChI=1S/C18H22ClNO2/c1-12(2)9-17(21)20-15-7-8-16(20)11-18(22,10-15)13-3-5-14(19)6-4-13/h3-6,9,15-16,22H,7-8,10-11H2,1-2H3/t15-,16-/m0/s1. The number of rotatable bonds is 2. The molecule has 1 aromatic rings. The van der Waals surface area contributed by atoms with Gasteiger partial charge in [-0.3, -0.25) is 4.79 Å². The Bertz CT molecular complexity index is 590. The van der Waals surface area contributed by atoms with Gasteiger partial charge in [-0.15, -0.1) is 0 Å². The zero-order chi connectivity index (χ0) is 15.9. The average Bonchev–Trinajstić information content (AvgIpc) is 2.72. The largest absolute Gasteiger partial charge is 0.385 e. The first kappa shape index (κ1) is 15.6. The summed E-state index contributed by atoms with van der Waals surface area (Å²) in [6.07, 6.45) is 4.87. The molecule has 2 bridgehead atoms. The van der Waals surface area contributed by atoms with E-state index in [0.29, 0.717) is 17.9 Å². The van der Waals surface area contributed by atoms with Crippen LogP contribution >= 0.6 is 11.6 Å². The van der Waals surface area contributed by atoms with E-state index >= 15 is 0 Å². The zero-order valence-electron chi connectivity index (χ0n) is 13.1. The second-order valence-electron chi connectivity index (χ2n) is 6.80. The molecule has 2 aliphatic heterocycles. The Kier molecular flexibility index (Phi) is 4.04. The van der Waals surface area contributed by atoms with E-state index in [4.69, 9.17) is 11.6 Å². The quantitative estimate of drug-likeness (QED) is 0.845. The third kappa shape index (κ3) is 2.80. The number of fused-ring (bicyclic) bond motifs is 2. The summed E-state index contributed by atoms with van der Waals surface area (Å²) in [5, 5.41) is 11.8. The molecule has 0 aliphatic carbocycles. The van der Waals surface area contributed by atoms with Crippen molar-refractivity contribution in [1.82, 2.24) is 4.90 Å². The van der Waals surface area contributed by atoms with Gasteiger partial charge in [-0.25, -0.2) is 0 Å². The topological polar surface area (TPSA) is 40.5 Å². The summed E-state index contributed by atoms with van der Waals surface area (Å²) in [6, 6.07) is 7.68. The number of carbonyl (C=O) groups excluding carboxylic acids is 1. The number of aliphatic hydroxyl groups is 1. The van der Waals surface area contributed by atoms with Crippen LogP contribution in [0.2, 0.25) is 5.02 Å². The van der Waals surface area contributed by atoms with Crippen LogP contribution in [0.4, 0.5) is 0 Å². The maximum absolute atomic E-state index is 12.4. The maximum Gasteiger partial charge on any atom is 0.246 e. The monoisotopic (exact) mass is 319 g/mol. The lowest BCUT2D eigenvalue weighted by atomic mass is 9.80. The summed E-state index contributed by atoms with van der Waals surface area (Å²) in [5.74, 6) is 0.0886. The Morgan fingerprint density at radius 1 is 1.23 bits per heavy atom. The van der Waals surface area contributed by atoms with Crippen LogP contribution in [0.3, 0.4) is 0 Å². The lowest BCUT2D eigenvalue weighted by Gasteiger charge is -2.43. The number of piperidine rings is 1. The molecule has 0 spiro atoms. The molecule has 0 aromatic heterocycles. The van der Waals surface area contributed by atoms with Crippen molar-refractivity contribution in [3.63, 3.8) is 0 Å². The van der Waals surface area contributed by atoms with Crippen molar-refractivity contribution in [2.75, 3.05) is 0 Å². The van der Waals surface area contributed by atoms with Crippen molar-refractivity contribution >= 4 is 17.5 Å². The number of nitrogens with zero attached hydrogens (tertiary/aromatic N) is 1. The third-order valence-corrected chi connectivity index (χ3v) is 5.07. The van der Waals surface area contributed by atoms with Crippen LogP contribution in [-0.4, -0.2) is 28.0 Å². The molecule has 0 saturated carbocycles. The minimum Gasteiger partial charge on any atom is -0.385 e. The van der Waals surface area contributed by atoms with Crippen LogP contribution in [0.15, 0.2) is 35.9 Å². The molecule has 22 heavy (non-hydrogen) atoms. The molecule has 1 N–H and O–H groups in total. The second kappa shape index (κ2) is 5.71. The van der Waals surface area contributed by atoms with E-state index in [-0.39, 0.29) is 18.0 Å². The van der Waals surface area contributed by atoms with Crippen molar-refractivity contribution in [2.45, 2.75) is 57.2 Å². The minimum atomic E-state index is -0.849. The van der Waals surface area contributed by atoms with Crippen molar-refractivity contribution in [3.05, 3.63) is 46.5 Å². The molecule has 0 radical (unpaired) electrons. The molecule has 1 amide bonds. The van der Waals surface area contributed by atoms with E-state index in [1.54, 1.807) is 6.08 Å². The normalized spacial score (nSPS) is 30.3. The molecule has 2 atom stereocenters. The molecule has 2 heterocycles. The van der Waals surface area contributed by atoms with Crippen molar-refractivity contribution in [3.8, 4) is 0 Å².